The van der Waals surface area contributed by atoms with Gasteiger partial charge in [0.2, 0.25) is 11.8 Å². The number of hydrogen-bond acceptors (Lipinski definition) is 5. The first kappa shape index (κ1) is 27.6. The molecule has 222 valence electrons. The normalized spacial score (nSPS) is 31.3. The van der Waals surface area contributed by atoms with Gasteiger partial charge in [0.05, 0.1) is 12.0 Å². The number of aromatic nitrogens is 2. The zero-order chi connectivity index (χ0) is 29.4. The Bertz CT molecular complexity index is 1460. The molecule has 2 aromatic carbocycles. The molecule has 9 rings (SSSR count). The molecule has 1 aromatic heterocycles. The fraction of sp³-hybridized carbons (Fsp3) is 0.571. The Balaban J connectivity index is 1.15. The summed E-state index contributed by atoms with van der Waals surface area (Å²) in [5.41, 5.74) is 1.24. The molecule has 42 heavy (non-hydrogen) atoms. The zero-order valence-electron chi connectivity index (χ0n) is 25.3. The lowest BCUT2D eigenvalue weighted by atomic mass is 9.41. The van der Waals surface area contributed by atoms with E-state index in [0.29, 0.717) is 38.3 Å². The highest BCUT2D eigenvalue weighted by molar-refractivity contribution is 6.00. The maximum absolute atomic E-state index is 14.6. The third-order valence-electron chi connectivity index (χ3n) is 10.8. The largest absolute Gasteiger partial charge is 0.494 e. The third-order valence-corrected chi connectivity index (χ3v) is 10.8. The first-order chi connectivity index (χ1) is 20.0. The van der Waals surface area contributed by atoms with Crippen LogP contribution >= 0.6 is 0 Å². The highest BCUT2D eigenvalue weighted by atomic mass is 19.1. The number of alkyl halides is 1. The molecule has 1 heterocycles. The number of amides is 1. The van der Waals surface area contributed by atoms with Crippen molar-refractivity contribution < 1.29 is 18.4 Å². The summed E-state index contributed by atoms with van der Waals surface area (Å²) in [6.07, 6.45) is 7.20. The van der Waals surface area contributed by atoms with Gasteiger partial charge < -0.3 is 14.2 Å². The fourth-order valence-corrected chi connectivity index (χ4v) is 8.14. The lowest BCUT2D eigenvalue weighted by molar-refractivity contribution is -0.211. The van der Waals surface area contributed by atoms with Crippen LogP contribution in [0, 0.1) is 10.8 Å². The molecule has 4 bridgehead atoms. The molecule has 0 radical (unpaired) electrons. The molecule has 3 aromatic rings. The second kappa shape index (κ2) is 9.39. The van der Waals surface area contributed by atoms with Gasteiger partial charge in [-0.05, 0) is 106 Å². The second-order valence-electron chi connectivity index (χ2n) is 14.8. The predicted octanol–water partition coefficient (Wildman–Crippen LogP) is 7.95. The average Bonchev–Trinajstić information content (AvgIpc) is 3.48. The van der Waals surface area contributed by atoms with E-state index < -0.39 is 11.1 Å². The zero-order valence-corrected chi connectivity index (χ0v) is 25.3. The molecule has 0 aliphatic heterocycles. The van der Waals surface area contributed by atoms with Crippen LogP contribution in [-0.2, 0) is 15.6 Å². The minimum Gasteiger partial charge on any atom is -0.494 e. The quantitative estimate of drug-likeness (QED) is 0.274. The Labute approximate surface area is 248 Å². The van der Waals surface area contributed by atoms with E-state index in [0.717, 1.165) is 66.9 Å². The SMILES string of the molecule is CCOc1ccc(-c2cccc(N(CC34CCC(c5noc(C(C)(C)C)n5)(CC3)CC4)C(=O)C34CC(F)(C3)C4)c2)cc1. The van der Waals surface area contributed by atoms with Gasteiger partial charge in [0.25, 0.3) is 0 Å². The highest BCUT2D eigenvalue weighted by Crippen LogP contribution is 2.70. The van der Waals surface area contributed by atoms with Gasteiger partial charge in [0.1, 0.15) is 11.4 Å². The van der Waals surface area contributed by atoms with Gasteiger partial charge in [0, 0.05) is 23.1 Å². The van der Waals surface area contributed by atoms with E-state index in [4.69, 9.17) is 14.2 Å². The van der Waals surface area contributed by atoms with Crippen molar-refractivity contribution in [2.45, 2.75) is 102 Å². The van der Waals surface area contributed by atoms with Gasteiger partial charge in [0.15, 0.2) is 5.82 Å². The summed E-state index contributed by atoms with van der Waals surface area (Å²) in [6.45, 7) is 9.58. The van der Waals surface area contributed by atoms with Crippen molar-refractivity contribution in [3.05, 3.63) is 60.2 Å². The van der Waals surface area contributed by atoms with Gasteiger partial charge in [-0.15, -0.1) is 0 Å². The van der Waals surface area contributed by atoms with Gasteiger partial charge in [-0.25, -0.2) is 4.39 Å². The average molecular weight is 572 g/mol. The number of rotatable bonds is 8. The van der Waals surface area contributed by atoms with Crippen molar-refractivity contribution >= 4 is 11.6 Å². The van der Waals surface area contributed by atoms with Crippen LogP contribution in [0.2, 0.25) is 0 Å². The Morgan fingerprint density at radius 3 is 2.21 bits per heavy atom. The summed E-state index contributed by atoms with van der Waals surface area (Å²) in [4.78, 5) is 21.1. The summed E-state index contributed by atoms with van der Waals surface area (Å²) in [5.74, 6) is 2.51. The number of benzene rings is 2. The Hall–Kier alpha value is -3.22. The van der Waals surface area contributed by atoms with Gasteiger partial charge >= 0.3 is 0 Å². The van der Waals surface area contributed by atoms with Crippen LogP contribution in [0.4, 0.5) is 10.1 Å². The van der Waals surface area contributed by atoms with Gasteiger partial charge in [-0.3, -0.25) is 4.79 Å². The number of carbonyl (C=O) groups is 1. The summed E-state index contributed by atoms with van der Waals surface area (Å²) >= 11 is 0. The molecule has 7 heteroatoms. The van der Waals surface area contributed by atoms with Crippen LogP contribution in [0.15, 0.2) is 53.1 Å². The van der Waals surface area contributed by atoms with Crippen molar-refractivity contribution in [3.63, 3.8) is 0 Å². The van der Waals surface area contributed by atoms with Crippen molar-refractivity contribution in [3.8, 4) is 16.9 Å². The number of carbonyl (C=O) groups excluding carboxylic acids is 1. The van der Waals surface area contributed by atoms with Crippen molar-refractivity contribution in [2.24, 2.45) is 10.8 Å². The molecule has 1 amide bonds. The third kappa shape index (κ3) is 4.46. The minimum atomic E-state index is -1.12. The molecule has 0 spiro atoms. The Kier molecular flexibility index (Phi) is 6.17. The number of halogens is 1. The fourth-order valence-electron chi connectivity index (χ4n) is 8.14. The Morgan fingerprint density at radius 1 is 0.976 bits per heavy atom. The minimum absolute atomic E-state index is 0.0361. The van der Waals surface area contributed by atoms with E-state index in [9.17, 15) is 9.18 Å². The molecule has 6 aliphatic carbocycles. The molecule has 0 N–H and O–H groups in total. The van der Waals surface area contributed by atoms with Crippen molar-refractivity contribution in [2.75, 3.05) is 18.1 Å². The maximum Gasteiger partial charge on any atom is 0.233 e. The van der Waals surface area contributed by atoms with E-state index in [2.05, 4.69) is 50.2 Å². The number of fused-ring (bicyclic) bond motifs is 3. The van der Waals surface area contributed by atoms with E-state index in [1.165, 1.54) is 0 Å². The van der Waals surface area contributed by atoms with Crippen molar-refractivity contribution in [1.29, 1.82) is 0 Å². The number of ether oxygens (including phenoxy) is 1. The lowest BCUT2D eigenvalue weighted by Gasteiger charge is -2.65. The van der Waals surface area contributed by atoms with E-state index in [1.54, 1.807) is 0 Å². The molecule has 6 fully saturated rings. The highest BCUT2D eigenvalue weighted by Gasteiger charge is 2.73. The van der Waals surface area contributed by atoms with E-state index >= 15 is 0 Å². The summed E-state index contributed by atoms with van der Waals surface area (Å²) < 4.78 is 25.9. The Morgan fingerprint density at radius 2 is 1.64 bits per heavy atom. The molecule has 6 saturated carbocycles. The standard InChI is InChI=1S/C35H42FN3O3/c1-5-41-27-11-9-24(10-12-27)25-7-6-8-26(19-25)39(30(40)34-20-35(36,21-34)22-34)23-32-13-16-33(17-14-32,18-15-32)28-37-29(42-38-28)31(2,3)4/h6-12,19H,5,13-18,20-23H2,1-4H3. The van der Waals surface area contributed by atoms with Crippen LogP contribution < -0.4 is 9.64 Å². The maximum atomic E-state index is 14.6. The smallest absolute Gasteiger partial charge is 0.233 e. The molecule has 0 atom stereocenters. The lowest BCUT2D eigenvalue weighted by Crippen LogP contribution is -2.71. The molecular formula is C35H42FN3O3. The van der Waals surface area contributed by atoms with Crippen LogP contribution in [0.3, 0.4) is 0 Å². The van der Waals surface area contributed by atoms with Gasteiger partial charge in [-0.1, -0.05) is 50.2 Å². The van der Waals surface area contributed by atoms with Gasteiger partial charge in [-0.2, -0.15) is 4.98 Å². The number of anilines is 1. The van der Waals surface area contributed by atoms with E-state index in [-0.39, 0.29) is 22.2 Å². The van der Waals surface area contributed by atoms with Crippen LogP contribution in [0.25, 0.3) is 11.1 Å². The summed E-state index contributed by atoms with van der Waals surface area (Å²) in [5, 5.41) is 4.46. The van der Waals surface area contributed by atoms with Crippen LogP contribution in [0.5, 0.6) is 5.75 Å². The van der Waals surface area contributed by atoms with Crippen LogP contribution in [-0.4, -0.2) is 34.9 Å². The predicted molar refractivity (Wildman–Crippen MR) is 160 cm³/mol. The first-order valence-electron chi connectivity index (χ1n) is 15.7. The molecule has 6 nitrogen and oxygen atoms in total. The summed E-state index contributed by atoms with van der Waals surface area (Å²) in [6, 6.07) is 16.4. The van der Waals surface area contributed by atoms with Crippen molar-refractivity contribution in [1.82, 2.24) is 10.1 Å². The van der Waals surface area contributed by atoms with E-state index in [1.807, 2.05) is 36.1 Å². The number of nitrogens with zero attached hydrogens (tertiary/aromatic N) is 3. The second-order valence-corrected chi connectivity index (χ2v) is 14.8. The molecular weight excluding hydrogens is 529 g/mol. The number of hydrogen-bond donors (Lipinski definition) is 0. The molecule has 0 saturated heterocycles. The summed E-state index contributed by atoms with van der Waals surface area (Å²) in [7, 11) is 0. The first-order valence-corrected chi connectivity index (χ1v) is 15.7. The molecule has 0 unspecified atom stereocenters. The van der Waals surface area contributed by atoms with Crippen LogP contribution in [0.1, 0.15) is 97.2 Å². The topological polar surface area (TPSA) is 68.5 Å². The monoisotopic (exact) mass is 571 g/mol. The molecule has 6 aliphatic rings.